The summed E-state index contributed by atoms with van der Waals surface area (Å²) in [6.45, 7) is 4.55. The minimum Gasteiger partial charge on any atom is -0.369 e. The van der Waals surface area contributed by atoms with Crippen LogP contribution in [-0.2, 0) is 27.3 Å². The molecule has 8 heteroatoms. The van der Waals surface area contributed by atoms with Crippen LogP contribution in [0.25, 0.3) is 0 Å². The van der Waals surface area contributed by atoms with Crippen LogP contribution < -0.4 is 11.1 Å². The van der Waals surface area contributed by atoms with E-state index in [-0.39, 0.29) is 36.5 Å². The van der Waals surface area contributed by atoms with Crippen LogP contribution in [0, 0.1) is 5.92 Å². The van der Waals surface area contributed by atoms with Crippen molar-refractivity contribution in [1.82, 2.24) is 15.1 Å². The van der Waals surface area contributed by atoms with Gasteiger partial charge in [-0.25, -0.2) is 0 Å². The molecule has 154 valence electrons. The fourth-order valence-electron chi connectivity index (χ4n) is 3.95. The van der Waals surface area contributed by atoms with Crippen LogP contribution in [0.2, 0.25) is 0 Å². The van der Waals surface area contributed by atoms with Crippen molar-refractivity contribution in [2.24, 2.45) is 11.7 Å². The van der Waals surface area contributed by atoms with Crippen molar-refractivity contribution in [3.05, 3.63) is 21.9 Å². The zero-order valence-corrected chi connectivity index (χ0v) is 17.1. The molecule has 1 unspecified atom stereocenters. The maximum Gasteiger partial charge on any atom is 0.223 e. The van der Waals surface area contributed by atoms with Crippen LogP contribution in [-0.4, -0.2) is 60.2 Å². The molecule has 1 fully saturated rings. The van der Waals surface area contributed by atoms with Gasteiger partial charge in [0.25, 0.3) is 0 Å². The maximum atomic E-state index is 12.4. The number of thiophene rings is 1. The van der Waals surface area contributed by atoms with E-state index in [1.807, 2.05) is 4.90 Å². The molecule has 1 saturated heterocycles. The molecule has 0 aromatic carbocycles. The molecule has 1 atom stereocenters. The number of hydrogen-bond donors (Lipinski definition) is 2. The lowest BCUT2D eigenvalue weighted by molar-refractivity contribution is -0.134. The first-order valence-corrected chi connectivity index (χ1v) is 11.0. The van der Waals surface area contributed by atoms with Gasteiger partial charge in [0.15, 0.2) is 0 Å². The number of likely N-dealkylation sites (tertiary alicyclic amines) is 1. The third kappa shape index (κ3) is 5.78. The molecular weight excluding hydrogens is 376 g/mol. The van der Waals surface area contributed by atoms with Crippen LogP contribution in [0.1, 0.15) is 42.5 Å². The third-order valence-electron chi connectivity index (χ3n) is 5.61. The summed E-state index contributed by atoms with van der Waals surface area (Å²) >= 11 is 1.75. The Balaban J connectivity index is 1.28. The second kappa shape index (κ2) is 10.0. The fourth-order valence-corrected chi connectivity index (χ4v) is 4.84. The Bertz CT molecular complexity index is 705. The van der Waals surface area contributed by atoms with Gasteiger partial charge in [-0.1, -0.05) is 0 Å². The van der Waals surface area contributed by atoms with Crippen molar-refractivity contribution in [2.45, 2.75) is 45.1 Å². The van der Waals surface area contributed by atoms with E-state index in [1.54, 1.807) is 11.3 Å². The summed E-state index contributed by atoms with van der Waals surface area (Å²) in [5.74, 6) is -0.283. The van der Waals surface area contributed by atoms with Crippen molar-refractivity contribution in [1.29, 1.82) is 0 Å². The Morgan fingerprint density at radius 1 is 1.25 bits per heavy atom. The average molecular weight is 407 g/mol. The lowest BCUT2D eigenvalue weighted by atomic mass is 9.97. The van der Waals surface area contributed by atoms with E-state index in [2.05, 4.69) is 21.7 Å². The molecular formula is C20H30N4O3S. The molecule has 3 heterocycles. The van der Waals surface area contributed by atoms with Gasteiger partial charge in [-0.05, 0) is 55.8 Å². The first kappa shape index (κ1) is 20.8. The predicted molar refractivity (Wildman–Crippen MR) is 109 cm³/mol. The van der Waals surface area contributed by atoms with Crippen LogP contribution >= 0.6 is 11.3 Å². The number of primary amides is 1. The Morgan fingerprint density at radius 3 is 2.93 bits per heavy atom. The standard InChI is InChI=1S/C20H30N4O3S/c21-20(27)16-3-1-9-23(13-16)10-2-8-22-18(25)4-5-19(26)24-11-6-17-15(14-24)7-12-28-17/h7,12,16H,1-6,8-11,13-14H2,(H2,21,27)(H,22,25). The molecule has 3 rings (SSSR count). The second-order valence-corrected chi connectivity index (χ2v) is 8.68. The molecule has 2 aliphatic rings. The molecule has 3 N–H and O–H groups in total. The van der Waals surface area contributed by atoms with E-state index in [0.717, 1.165) is 51.9 Å². The Kier molecular flexibility index (Phi) is 7.44. The van der Waals surface area contributed by atoms with Gasteiger partial charge in [-0.2, -0.15) is 0 Å². The molecule has 28 heavy (non-hydrogen) atoms. The van der Waals surface area contributed by atoms with Gasteiger partial charge in [0.05, 0.1) is 5.92 Å². The molecule has 1 aromatic heterocycles. The van der Waals surface area contributed by atoms with Gasteiger partial charge in [-0.3, -0.25) is 14.4 Å². The zero-order valence-electron chi connectivity index (χ0n) is 16.3. The topological polar surface area (TPSA) is 95.7 Å². The minimum atomic E-state index is -0.216. The van der Waals surface area contributed by atoms with E-state index in [4.69, 9.17) is 5.73 Å². The number of rotatable bonds is 8. The van der Waals surface area contributed by atoms with Gasteiger partial charge in [-0.15, -0.1) is 11.3 Å². The zero-order chi connectivity index (χ0) is 19.9. The van der Waals surface area contributed by atoms with E-state index in [1.165, 1.54) is 10.4 Å². The summed E-state index contributed by atoms with van der Waals surface area (Å²) < 4.78 is 0. The van der Waals surface area contributed by atoms with Gasteiger partial charge >= 0.3 is 0 Å². The summed E-state index contributed by atoms with van der Waals surface area (Å²) in [6.07, 6.45) is 4.11. The summed E-state index contributed by atoms with van der Waals surface area (Å²) in [4.78, 5) is 41.2. The van der Waals surface area contributed by atoms with E-state index in [9.17, 15) is 14.4 Å². The van der Waals surface area contributed by atoms with Crippen LogP contribution in [0.4, 0.5) is 0 Å². The van der Waals surface area contributed by atoms with Crippen molar-refractivity contribution < 1.29 is 14.4 Å². The van der Waals surface area contributed by atoms with Crippen molar-refractivity contribution in [3.8, 4) is 0 Å². The number of carbonyl (C=O) groups excluding carboxylic acids is 3. The largest absolute Gasteiger partial charge is 0.369 e. The maximum absolute atomic E-state index is 12.4. The summed E-state index contributed by atoms with van der Waals surface area (Å²) in [7, 11) is 0. The molecule has 0 radical (unpaired) electrons. The lowest BCUT2D eigenvalue weighted by Crippen LogP contribution is -2.42. The Morgan fingerprint density at radius 2 is 2.11 bits per heavy atom. The summed E-state index contributed by atoms with van der Waals surface area (Å²) in [5.41, 5.74) is 6.64. The van der Waals surface area contributed by atoms with Crippen LogP contribution in [0.15, 0.2) is 11.4 Å². The van der Waals surface area contributed by atoms with E-state index in [0.29, 0.717) is 13.1 Å². The number of fused-ring (bicyclic) bond motifs is 1. The number of nitrogens with zero attached hydrogens (tertiary/aromatic N) is 2. The number of amides is 3. The highest BCUT2D eigenvalue weighted by molar-refractivity contribution is 7.10. The molecule has 1 aromatic rings. The fraction of sp³-hybridized carbons (Fsp3) is 0.650. The summed E-state index contributed by atoms with van der Waals surface area (Å²) in [5, 5.41) is 4.97. The highest BCUT2D eigenvalue weighted by Gasteiger charge is 2.24. The van der Waals surface area contributed by atoms with Crippen LogP contribution in [0.3, 0.4) is 0 Å². The second-order valence-electron chi connectivity index (χ2n) is 7.68. The number of carbonyl (C=O) groups is 3. The normalized spacial score (nSPS) is 19.9. The molecule has 0 aliphatic carbocycles. The molecule has 7 nitrogen and oxygen atoms in total. The van der Waals surface area contributed by atoms with Crippen molar-refractivity contribution >= 4 is 29.1 Å². The number of piperidine rings is 1. The Hall–Kier alpha value is -1.93. The number of nitrogens with two attached hydrogens (primary N) is 1. The average Bonchev–Trinajstić information content (AvgIpc) is 3.17. The molecule has 2 aliphatic heterocycles. The van der Waals surface area contributed by atoms with Crippen molar-refractivity contribution in [2.75, 3.05) is 32.7 Å². The highest BCUT2D eigenvalue weighted by Crippen LogP contribution is 2.24. The molecule has 3 amide bonds. The van der Waals surface area contributed by atoms with Gasteiger partial charge in [0.2, 0.25) is 17.7 Å². The first-order chi connectivity index (χ1) is 13.5. The SMILES string of the molecule is NC(=O)C1CCCN(CCCNC(=O)CCC(=O)N2CCc3sccc3C2)C1. The highest BCUT2D eigenvalue weighted by atomic mass is 32.1. The monoisotopic (exact) mass is 406 g/mol. The summed E-state index contributed by atoms with van der Waals surface area (Å²) in [6, 6.07) is 2.08. The third-order valence-corrected chi connectivity index (χ3v) is 6.63. The van der Waals surface area contributed by atoms with Gasteiger partial charge in [0.1, 0.15) is 0 Å². The molecule has 0 bridgehead atoms. The van der Waals surface area contributed by atoms with E-state index < -0.39 is 0 Å². The van der Waals surface area contributed by atoms with Crippen LogP contribution in [0.5, 0.6) is 0 Å². The smallest absolute Gasteiger partial charge is 0.223 e. The predicted octanol–water partition coefficient (Wildman–Crippen LogP) is 1.12. The first-order valence-electron chi connectivity index (χ1n) is 10.1. The quantitative estimate of drug-likeness (QED) is 0.633. The molecule has 0 saturated carbocycles. The minimum absolute atomic E-state index is 0.0469. The lowest BCUT2D eigenvalue weighted by Gasteiger charge is -2.31. The van der Waals surface area contributed by atoms with Gasteiger partial charge < -0.3 is 20.9 Å². The number of nitrogens with one attached hydrogen (secondary N) is 1. The molecule has 0 spiro atoms. The number of hydrogen-bond acceptors (Lipinski definition) is 5. The van der Waals surface area contributed by atoms with Crippen molar-refractivity contribution in [3.63, 3.8) is 0 Å². The van der Waals surface area contributed by atoms with Gasteiger partial charge in [0, 0.05) is 43.9 Å². The van der Waals surface area contributed by atoms with E-state index >= 15 is 0 Å². The Labute approximate surface area is 170 Å².